The molecule has 0 fully saturated rings. The first-order chi connectivity index (χ1) is 14.3. The number of anilines is 1. The van der Waals surface area contributed by atoms with E-state index >= 15 is 0 Å². The maximum absolute atomic E-state index is 12.8. The fraction of sp³-hybridized carbons (Fsp3) is 0.458. The van der Waals surface area contributed by atoms with E-state index in [1.54, 1.807) is 22.3 Å². The molecule has 1 N–H and O–H groups in total. The first kappa shape index (κ1) is 22.2. The summed E-state index contributed by atoms with van der Waals surface area (Å²) in [4.78, 5) is 32.9. The fourth-order valence-corrected chi connectivity index (χ4v) is 4.69. The minimum Gasteiger partial charge on any atom is -0.352 e. The number of benzene rings is 1. The number of carbonyl (C=O) groups excluding carboxylic acids is 2. The Kier molecular flexibility index (Phi) is 7.08. The Morgan fingerprint density at radius 3 is 2.53 bits per heavy atom. The molecular formula is C24H31N3O2S. The van der Waals surface area contributed by atoms with Gasteiger partial charge < -0.3 is 5.32 Å². The summed E-state index contributed by atoms with van der Waals surface area (Å²) in [5, 5.41) is 3.60. The molecule has 0 bridgehead atoms. The number of nitrogens with zero attached hydrogens (tertiary/aromatic N) is 2. The van der Waals surface area contributed by atoms with Crippen LogP contribution in [0, 0.1) is 0 Å². The predicted octanol–water partition coefficient (Wildman–Crippen LogP) is 4.66. The van der Waals surface area contributed by atoms with Gasteiger partial charge in [0.2, 0.25) is 5.91 Å². The number of rotatable bonds is 7. The van der Waals surface area contributed by atoms with Crippen molar-refractivity contribution in [2.75, 3.05) is 18.0 Å². The third-order valence-electron chi connectivity index (χ3n) is 5.32. The molecule has 160 valence electrons. The summed E-state index contributed by atoms with van der Waals surface area (Å²) in [6, 6.07) is 7.63. The molecule has 2 aromatic rings. The molecule has 1 aromatic carbocycles. The van der Waals surface area contributed by atoms with E-state index in [9.17, 15) is 9.59 Å². The lowest BCUT2D eigenvalue weighted by Gasteiger charge is -2.19. The van der Waals surface area contributed by atoms with Crippen LogP contribution in [-0.4, -0.2) is 29.9 Å². The quantitative estimate of drug-likeness (QED) is 0.657. The minimum atomic E-state index is -0.164. The fourth-order valence-electron chi connectivity index (χ4n) is 3.51. The largest absolute Gasteiger partial charge is 0.352 e. The van der Waals surface area contributed by atoms with E-state index in [0.717, 1.165) is 30.1 Å². The summed E-state index contributed by atoms with van der Waals surface area (Å²) in [7, 11) is 0. The van der Waals surface area contributed by atoms with E-state index in [1.165, 1.54) is 16.9 Å². The van der Waals surface area contributed by atoms with Crippen molar-refractivity contribution >= 4 is 28.3 Å². The molecule has 3 rings (SSSR count). The molecule has 0 saturated carbocycles. The molecule has 0 spiro atoms. The summed E-state index contributed by atoms with van der Waals surface area (Å²) in [5.74, 6) is -0.215. The maximum atomic E-state index is 12.8. The number of hydrogen-bond donors (Lipinski definition) is 1. The third-order valence-corrected chi connectivity index (χ3v) is 6.50. The Bertz CT molecular complexity index is 886. The van der Waals surface area contributed by atoms with Gasteiger partial charge in [0.05, 0.1) is 5.69 Å². The number of amides is 2. The Morgan fingerprint density at radius 2 is 1.90 bits per heavy atom. The molecule has 1 heterocycles. The first-order valence-electron chi connectivity index (χ1n) is 10.6. The highest BCUT2D eigenvalue weighted by molar-refractivity contribution is 7.16. The van der Waals surface area contributed by atoms with Gasteiger partial charge >= 0.3 is 0 Å². The van der Waals surface area contributed by atoms with Crippen molar-refractivity contribution in [3.05, 3.63) is 58.6 Å². The Balaban J connectivity index is 1.57. The molecule has 0 saturated heterocycles. The van der Waals surface area contributed by atoms with Crippen LogP contribution in [0.25, 0.3) is 0 Å². The molecule has 2 amide bonds. The SMILES string of the molecule is C=CCN(C(=O)CCNC(=O)c1ccc(C(C)(C)C)cc1)c1nc2c(s1)CCCC2. The van der Waals surface area contributed by atoms with Gasteiger partial charge in [0.15, 0.2) is 5.13 Å². The molecule has 1 aliphatic carbocycles. The molecule has 30 heavy (non-hydrogen) atoms. The summed E-state index contributed by atoms with van der Waals surface area (Å²) < 4.78 is 0. The van der Waals surface area contributed by atoms with Crippen molar-refractivity contribution in [1.82, 2.24) is 10.3 Å². The first-order valence-corrected chi connectivity index (χ1v) is 11.4. The van der Waals surface area contributed by atoms with Crippen LogP contribution in [0.15, 0.2) is 36.9 Å². The van der Waals surface area contributed by atoms with Crippen LogP contribution in [-0.2, 0) is 23.1 Å². The van der Waals surface area contributed by atoms with Crippen LogP contribution in [0.2, 0.25) is 0 Å². The zero-order valence-corrected chi connectivity index (χ0v) is 19.0. The van der Waals surface area contributed by atoms with Gasteiger partial charge in [-0.1, -0.05) is 39.0 Å². The van der Waals surface area contributed by atoms with Crippen LogP contribution >= 0.6 is 11.3 Å². The van der Waals surface area contributed by atoms with Gasteiger partial charge in [-0.3, -0.25) is 14.5 Å². The van der Waals surface area contributed by atoms with Crippen LogP contribution < -0.4 is 10.2 Å². The molecular weight excluding hydrogens is 394 g/mol. The molecule has 1 aliphatic rings. The van der Waals surface area contributed by atoms with Crippen LogP contribution in [0.1, 0.15) is 66.5 Å². The maximum Gasteiger partial charge on any atom is 0.251 e. The van der Waals surface area contributed by atoms with Gasteiger partial charge in [-0.2, -0.15) is 0 Å². The van der Waals surface area contributed by atoms with E-state index < -0.39 is 0 Å². The highest BCUT2D eigenvalue weighted by Gasteiger charge is 2.22. The minimum absolute atomic E-state index is 0.0467. The Labute approximate surface area is 183 Å². The summed E-state index contributed by atoms with van der Waals surface area (Å²) in [5.41, 5.74) is 2.96. The molecule has 0 radical (unpaired) electrons. The Morgan fingerprint density at radius 1 is 1.20 bits per heavy atom. The van der Waals surface area contributed by atoms with E-state index in [-0.39, 0.29) is 30.2 Å². The van der Waals surface area contributed by atoms with E-state index in [0.29, 0.717) is 12.1 Å². The van der Waals surface area contributed by atoms with Gasteiger partial charge in [0.25, 0.3) is 5.91 Å². The lowest BCUT2D eigenvalue weighted by atomic mass is 9.87. The highest BCUT2D eigenvalue weighted by Crippen LogP contribution is 2.32. The number of nitrogens with one attached hydrogen (secondary N) is 1. The van der Waals surface area contributed by atoms with Gasteiger partial charge in [-0.15, -0.1) is 17.9 Å². The summed E-state index contributed by atoms with van der Waals surface area (Å²) >= 11 is 1.61. The van der Waals surface area contributed by atoms with Crippen LogP contribution in [0.4, 0.5) is 5.13 Å². The normalized spacial score (nSPS) is 13.4. The second-order valence-corrected chi connectivity index (χ2v) is 9.76. The number of thiazole rings is 1. The number of hydrogen-bond acceptors (Lipinski definition) is 4. The molecule has 1 aromatic heterocycles. The van der Waals surface area contributed by atoms with Gasteiger partial charge in [-0.25, -0.2) is 4.98 Å². The smallest absolute Gasteiger partial charge is 0.251 e. The number of carbonyl (C=O) groups is 2. The highest BCUT2D eigenvalue weighted by atomic mass is 32.1. The van der Waals surface area contributed by atoms with Crippen molar-refractivity contribution in [1.29, 1.82) is 0 Å². The average molecular weight is 426 g/mol. The molecule has 0 unspecified atom stereocenters. The van der Waals surface area contributed by atoms with Crippen molar-refractivity contribution in [2.24, 2.45) is 0 Å². The molecule has 0 atom stereocenters. The third kappa shape index (κ3) is 5.36. The second kappa shape index (κ2) is 9.56. The topological polar surface area (TPSA) is 62.3 Å². The average Bonchev–Trinajstić information content (AvgIpc) is 3.15. The lowest BCUT2D eigenvalue weighted by Crippen LogP contribution is -2.34. The van der Waals surface area contributed by atoms with Crippen molar-refractivity contribution in [2.45, 2.75) is 58.3 Å². The standard InChI is InChI=1S/C24H31N3O2S/c1-5-16-27(23-26-19-8-6-7-9-20(19)30-23)21(28)14-15-25-22(29)17-10-12-18(13-11-17)24(2,3)4/h5,10-13H,1,6-9,14-16H2,2-4H3,(H,25,29). The summed E-state index contributed by atoms with van der Waals surface area (Å²) in [6.45, 7) is 10.9. The predicted molar refractivity (Wildman–Crippen MR) is 123 cm³/mol. The van der Waals surface area contributed by atoms with E-state index in [1.807, 2.05) is 24.3 Å². The van der Waals surface area contributed by atoms with Crippen molar-refractivity contribution < 1.29 is 9.59 Å². The Hall–Kier alpha value is -2.47. The molecule has 0 aliphatic heterocycles. The molecule has 6 heteroatoms. The van der Waals surface area contributed by atoms with Crippen LogP contribution in [0.3, 0.4) is 0 Å². The monoisotopic (exact) mass is 425 g/mol. The number of fused-ring (bicyclic) bond motifs is 1. The van der Waals surface area contributed by atoms with Gasteiger partial charge in [0.1, 0.15) is 0 Å². The zero-order chi connectivity index (χ0) is 21.7. The molecule has 5 nitrogen and oxygen atoms in total. The number of aryl methyl sites for hydroxylation is 2. The van der Waals surface area contributed by atoms with E-state index in [2.05, 4.69) is 32.7 Å². The van der Waals surface area contributed by atoms with Gasteiger partial charge in [0, 0.05) is 30.0 Å². The van der Waals surface area contributed by atoms with E-state index in [4.69, 9.17) is 4.98 Å². The second-order valence-electron chi connectivity index (χ2n) is 8.70. The van der Waals surface area contributed by atoms with Crippen LogP contribution in [0.5, 0.6) is 0 Å². The summed E-state index contributed by atoms with van der Waals surface area (Å²) in [6.07, 6.45) is 6.33. The van der Waals surface area contributed by atoms with Crippen molar-refractivity contribution in [3.63, 3.8) is 0 Å². The number of aromatic nitrogens is 1. The lowest BCUT2D eigenvalue weighted by molar-refractivity contribution is -0.118. The van der Waals surface area contributed by atoms with Crippen molar-refractivity contribution in [3.8, 4) is 0 Å². The van der Waals surface area contributed by atoms with Gasteiger partial charge in [-0.05, 0) is 48.8 Å². The zero-order valence-electron chi connectivity index (χ0n) is 18.2.